The van der Waals surface area contributed by atoms with E-state index >= 15 is 0 Å². The Labute approximate surface area is 129 Å². The number of nitrogens with one attached hydrogen (secondary N) is 1. The minimum atomic E-state index is 0.0621. The van der Waals surface area contributed by atoms with Crippen molar-refractivity contribution >= 4 is 21.8 Å². The van der Waals surface area contributed by atoms with Crippen LogP contribution in [-0.4, -0.2) is 11.9 Å². The van der Waals surface area contributed by atoms with Crippen LogP contribution in [0.2, 0.25) is 0 Å². The van der Waals surface area contributed by atoms with E-state index in [1.165, 1.54) is 12.8 Å². The molecule has 2 bridgehead atoms. The smallest absolute Gasteiger partial charge is 0.251 e. The Morgan fingerprint density at radius 3 is 2.40 bits per heavy atom. The zero-order valence-electron chi connectivity index (χ0n) is 12.4. The maximum Gasteiger partial charge on any atom is 0.251 e. The van der Waals surface area contributed by atoms with E-state index in [1.807, 2.05) is 24.3 Å². The van der Waals surface area contributed by atoms with Crippen LogP contribution >= 0.6 is 15.9 Å². The van der Waals surface area contributed by atoms with Crippen molar-refractivity contribution in [3.8, 4) is 0 Å². The molecule has 2 saturated carbocycles. The minimum Gasteiger partial charge on any atom is -0.349 e. The Hall–Kier alpha value is -0.830. The molecule has 1 aromatic rings. The van der Waals surface area contributed by atoms with Gasteiger partial charge in [0.05, 0.1) is 0 Å². The lowest BCUT2D eigenvalue weighted by atomic mass is 9.69. The number of rotatable bonds is 2. The standard InChI is InChI=1S/C17H22BrNO/c1-16(2)12-8-9-17(16,3)14(10-12)19-15(20)11-4-6-13(18)7-5-11/h4-7,12,14H,8-10H2,1-3H3,(H,19,20)/t12-,14+,17+/m0/s1. The molecule has 2 nitrogen and oxygen atoms in total. The SMILES string of the molecule is CC1(C)[C@H]2CC[C@]1(C)[C@H](NC(=O)c1ccc(Br)cc1)C2. The molecule has 3 heteroatoms. The molecule has 1 N–H and O–H groups in total. The molecule has 2 aliphatic rings. The van der Waals surface area contributed by atoms with Crippen molar-refractivity contribution in [3.05, 3.63) is 34.3 Å². The third-order valence-corrected chi connectivity index (χ3v) is 6.73. The fourth-order valence-corrected chi connectivity index (χ4v) is 4.53. The summed E-state index contributed by atoms with van der Waals surface area (Å²) in [5.74, 6) is 0.815. The Morgan fingerprint density at radius 2 is 1.90 bits per heavy atom. The summed E-state index contributed by atoms with van der Waals surface area (Å²) in [5.41, 5.74) is 1.32. The fraction of sp³-hybridized carbons (Fsp3) is 0.588. The third kappa shape index (κ3) is 1.93. The molecule has 0 aliphatic heterocycles. The predicted molar refractivity (Wildman–Crippen MR) is 84.6 cm³/mol. The topological polar surface area (TPSA) is 29.1 Å². The van der Waals surface area contributed by atoms with E-state index < -0.39 is 0 Å². The normalized spacial score (nSPS) is 34.2. The molecule has 0 saturated heterocycles. The number of hydrogen-bond acceptors (Lipinski definition) is 1. The zero-order chi connectivity index (χ0) is 14.5. The highest BCUT2D eigenvalue weighted by atomic mass is 79.9. The van der Waals surface area contributed by atoms with Gasteiger partial charge in [-0.3, -0.25) is 4.79 Å². The zero-order valence-corrected chi connectivity index (χ0v) is 14.0. The maximum atomic E-state index is 12.4. The van der Waals surface area contributed by atoms with Gasteiger partial charge in [-0.05, 0) is 60.3 Å². The van der Waals surface area contributed by atoms with Crippen LogP contribution < -0.4 is 5.32 Å². The van der Waals surface area contributed by atoms with E-state index in [-0.39, 0.29) is 11.3 Å². The number of fused-ring (bicyclic) bond motifs is 2. The van der Waals surface area contributed by atoms with Gasteiger partial charge in [-0.15, -0.1) is 0 Å². The Bertz CT molecular complexity index is 536. The van der Waals surface area contributed by atoms with Gasteiger partial charge in [-0.1, -0.05) is 36.7 Å². The number of hydrogen-bond donors (Lipinski definition) is 1. The van der Waals surface area contributed by atoms with Crippen LogP contribution in [0.5, 0.6) is 0 Å². The van der Waals surface area contributed by atoms with Gasteiger partial charge in [-0.25, -0.2) is 0 Å². The third-order valence-electron chi connectivity index (χ3n) is 6.21. The van der Waals surface area contributed by atoms with Gasteiger partial charge < -0.3 is 5.32 Å². The highest BCUT2D eigenvalue weighted by Crippen LogP contribution is 2.65. The number of carbonyl (C=O) groups is 1. The molecule has 0 radical (unpaired) electrons. The van der Waals surface area contributed by atoms with Gasteiger partial charge in [-0.2, -0.15) is 0 Å². The summed E-state index contributed by atoms with van der Waals surface area (Å²) in [6.45, 7) is 7.10. The highest BCUT2D eigenvalue weighted by Gasteiger charge is 2.61. The van der Waals surface area contributed by atoms with Crippen molar-refractivity contribution < 1.29 is 4.79 Å². The predicted octanol–water partition coefficient (Wildman–Crippen LogP) is 4.39. The first-order valence-corrected chi connectivity index (χ1v) is 8.20. The van der Waals surface area contributed by atoms with Crippen LogP contribution in [0.25, 0.3) is 0 Å². The van der Waals surface area contributed by atoms with Gasteiger partial charge in [0, 0.05) is 16.1 Å². The lowest BCUT2D eigenvalue weighted by molar-refractivity contribution is 0.0826. The average molecular weight is 336 g/mol. The first-order chi connectivity index (χ1) is 9.34. The first-order valence-electron chi connectivity index (χ1n) is 7.41. The molecule has 0 spiro atoms. The Balaban J connectivity index is 1.76. The lowest BCUT2D eigenvalue weighted by Crippen LogP contribution is -2.46. The van der Waals surface area contributed by atoms with Gasteiger partial charge in [0.15, 0.2) is 0 Å². The maximum absolute atomic E-state index is 12.4. The van der Waals surface area contributed by atoms with E-state index in [1.54, 1.807) is 0 Å². The molecule has 2 fully saturated rings. The van der Waals surface area contributed by atoms with Gasteiger partial charge in [0.25, 0.3) is 5.91 Å². The summed E-state index contributed by atoms with van der Waals surface area (Å²) in [5, 5.41) is 3.29. The molecule has 3 rings (SSSR count). The van der Waals surface area contributed by atoms with Gasteiger partial charge in [0.1, 0.15) is 0 Å². The number of benzene rings is 1. The van der Waals surface area contributed by atoms with Crippen LogP contribution in [0.3, 0.4) is 0 Å². The number of carbonyl (C=O) groups excluding carboxylic acids is 1. The van der Waals surface area contributed by atoms with Crippen molar-refractivity contribution in [2.45, 2.75) is 46.1 Å². The molecular formula is C17H22BrNO. The van der Waals surface area contributed by atoms with Gasteiger partial charge >= 0.3 is 0 Å². The molecule has 0 aromatic heterocycles. The van der Waals surface area contributed by atoms with Crippen molar-refractivity contribution in [2.24, 2.45) is 16.7 Å². The van der Waals surface area contributed by atoms with Crippen LogP contribution in [-0.2, 0) is 0 Å². The highest BCUT2D eigenvalue weighted by molar-refractivity contribution is 9.10. The molecule has 108 valence electrons. The van der Waals surface area contributed by atoms with Crippen molar-refractivity contribution in [1.82, 2.24) is 5.32 Å². The Kier molecular flexibility index (Phi) is 3.24. The monoisotopic (exact) mass is 335 g/mol. The molecule has 1 amide bonds. The van der Waals surface area contributed by atoms with Crippen LogP contribution in [0, 0.1) is 16.7 Å². The first kappa shape index (κ1) is 14.1. The molecule has 2 aliphatic carbocycles. The summed E-state index contributed by atoms with van der Waals surface area (Å²) in [6.07, 6.45) is 3.68. The number of halogens is 1. The van der Waals surface area contributed by atoms with Crippen LogP contribution in [0.4, 0.5) is 0 Å². The summed E-state index contributed by atoms with van der Waals surface area (Å²) >= 11 is 3.40. The molecule has 0 heterocycles. The van der Waals surface area contributed by atoms with E-state index in [9.17, 15) is 4.79 Å². The average Bonchev–Trinajstić information content (AvgIpc) is 2.72. The molecular weight excluding hydrogens is 314 g/mol. The summed E-state index contributed by atoms with van der Waals surface area (Å²) in [4.78, 5) is 12.4. The summed E-state index contributed by atoms with van der Waals surface area (Å²) in [6, 6.07) is 7.90. The van der Waals surface area contributed by atoms with E-state index in [2.05, 4.69) is 42.0 Å². The van der Waals surface area contributed by atoms with E-state index in [4.69, 9.17) is 0 Å². The quantitative estimate of drug-likeness (QED) is 0.852. The second-order valence-electron chi connectivity index (χ2n) is 7.14. The number of amides is 1. The summed E-state index contributed by atoms with van der Waals surface area (Å²) in [7, 11) is 0. The van der Waals surface area contributed by atoms with Crippen molar-refractivity contribution in [2.75, 3.05) is 0 Å². The Morgan fingerprint density at radius 1 is 1.25 bits per heavy atom. The fourth-order valence-electron chi connectivity index (χ4n) is 4.26. The van der Waals surface area contributed by atoms with E-state index in [0.717, 1.165) is 22.4 Å². The molecule has 20 heavy (non-hydrogen) atoms. The molecule has 3 atom stereocenters. The second kappa shape index (κ2) is 4.59. The second-order valence-corrected chi connectivity index (χ2v) is 8.06. The minimum absolute atomic E-state index is 0.0621. The largest absolute Gasteiger partial charge is 0.349 e. The summed E-state index contributed by atoms with van der Waals surface area (Å²) < 4.78 is 1.00. The van der Waals surface area contributed by atoms with Crippen LogP contribution in [0.1, 0.15) is 50.4 Å². The van der Waals surface area contributed by atoms with Crippen LogP contribution in [0.15, 0.2) is 28.7 Å². The lowest BCUT2D eigenvalue weighted by Gasteiger charge is -2.39. The van der Waals surface area contributed by atoms with Gasteiger partial charge in [0.2, 0.25) is 0 Å². The molecule has 0 unspecified atom stereocenters. The molecule has 1 aromatic carbocycles. The van der Waals surface area contributed by atoms with Crippen molar-refractivity contribution in [1.29, 1.82) is 0 Å². The van der Waals surface area contributed by atoms with E-state index in [0.29, 0.717) is 11.5 Å². The van der Waals surface area contributed by atoms with Crippen molar-refractivity contribution in [3.63, 3.8) is 0 Å².